The molecule has 0 aromatic heterocycles. The predicted octanol–water partition coefficient (Wildman–Crippen LogP) is 5.12. The van der Waals surface area contributed by atoms with Crippen LogP contribution in [0, 0.1) is 11.7 Å². The predicted molar refractivity (Wildman–Crippen MR) is 70.7 cm³/mol. The highest BCUT2D eigenvalue weighted by atomic mass is 19.4. The van der Waals surface area contributed by atoms with Crippen LogP contribution in [0.15, 0.2) is 18.2 Å². The third-order valence-electron chi connectivity index (χ3n) is 3.09. The summed E-state index contributed by atoms with van der Waals surface area (Å²) >= 11 is 0. The van der Waals surface area contributed by atoms with Crippen LogP contribution >= 0.6 is 0 Å². The van der Waals surface area contributed by atoms with Gasteiger partial charge in [0.15, 0.2) is 17.3 Å². The molecule has 0 saturated heterocycles. The summed E-state index contributed by atoms with van der Waals surface area (Å²) in [4.78, 5) is 12.2. The number of Topliss-reactive ketones (excluding diaryl/α,β-unsaturated/α-hetero) is 1. The largest absolute Gasteiger partial charge is 0.573 e. The number of alkyl halides is 3. The minimum absolute atomic E-state index is 0.0777. The number of ketones is 1. The van der Waals surface area contributed by atoms with E-state index in [9.17, 15) is 22.4 Å². The third kappa shape index (κ3) is 5.36. The van der Waals surface area contributed by atoms with Crippen molar-refractivity contribution >= 4 is 5.78 Å². The minimum atomic E-state index is -4.96. The molecule has 0 unspecified atom stereocenters. The molecule has 0 aliphatic heterocycles. The summed E-state index contributed by atoms with van der Waals surface area (Å²) in [6.45, 7) is 3.88. The molecule has 1 aromatic carbocycles. The molecule has 1 aromatic rings. The Morgan fingerprint density at radius 3 is 2.19 bits per heavy atom. The first-order chi connectivity index (χ1) is 9.78. The highest BCUT2D eigenvalue weighted by Crippen LogP contribution is 2.27. The lowest BCUT2D eigenvalue weighted by molar-refractivity contribution is -0.275. The van der Waals surface area contributed by atoms with Gasteiger partial charge in [-0.3, -0.25) is 4.79 Å². The fraction of sp³-hybridized carbons (Fsp3) is 0.533. The van der Waals surface area contributed by atoms with Gasteiger partial charge < -0.3 is 4.74 Å². The van der Waals surface area contributed by atoms with Gasteiger partial charge in [-0.05, 0) is 31.0 Å². The van der Waals surface area contributed by atoms with Gasteiger partial charge in [0.05, 0.1) is 0 Å². The van der Waals surface area contributed by atoms with E-state index in [-0.39, 0.29) is 17.3 Å². The molecule has 0 aliphatic rings. The Labute approximate surface area is 121 Å². The van der Waals surface area contributed by atoms with Gasteiger partial charge >= 0.3 is 6.36 Å². The van der Waals surface area contributed by atoms with E-state index >= 15 is 0 Å². The topological polar surface area (TPSA) is 26.3 Å². The molecule has 0 bridgehead atoms. The average Bonchev–Trinajstić information content (AvgIpc) is 2.38. The fourth-order valence-electron chi connectivity index (χ4n) is 2.20. The van der Waals surface area contributed by atoms with Crippen LogP contribution in [0.4, 0.5) is 17.6 Å². The first kappa shape index (κ1) is 17.5. The summed E-state index contributed by atoms with van der Waals surface area (Å²) in [6, 6.07) is 2.82. The summed E-state index contributed by atoms with van der Waals surface area (Å²) < 4.78 is 53.3. The number of rotatable bonds is 7. The average molecular weight is 306 g/mol. The van der Waals surface area contributed by atoms with Crippen molar-refractivity contribution in [1.82, 2.24) is 0 Å². The van der Waals surface area contributed by atoms with Crippen LogP contribution in [0.5, 0.6) is 5.75 Å². The van der Waals surface area contributed by atoms with E-state index in [1.807, 2.05) is 13.8 Å². The Morgan fingerprint density at radius 2 is 1.76 bits per heavy atom. The van der Waals surface area contributed by atoms with Gasteiger partial charge in [0.1, 0.15) is 0 Å². The van der Waals surface area contributed by atoms with Crippen LogP contribution in [0.1, 0.15) is 49.9 Å². The van der Waals surface area contributed by atoms with Crippen molar-refractivity contribution in [1.29, 1.82) is 0 Å². The Hall–Kier alpha value is -1.59. The van der Waals surface area contributed by atoms with Crippen molar-refractivity contribution in [2.45, 2.75) is 45.9 Å². The zero-order chi connectivity index (χ0) is 16.0. The molecule has 0 saturated carbocycles. The van der Waals surface area contributed by atoms with Crippen molar-refractivity contribution in [2.75, 3.05) is 0 Å². The zero-order valence-corrected chi connectivity index (χ0v) is 12.0. The first-order valence-corrected chi connectivity index (χ1v) is 6.88. The van der Waals surface area contributed by atoms with Crippen LogP contribution < -0.4 is 4.74 Å². The maximum atomic E-state index is 13.6. The van der Waals surface area contributed by atoms with E-state index in [1.54, 1.807) is 0 Å². The normalized spacial score (nSPS) is 11.8. The van der Waals surface area contributed by atoms with Gasteiger partial charge in [0, 0.05) is 11.5 Å². The van der Waals surface area contributed by atoms with E-state index in [2.05, 4.69) is 4.74 Å². The highest BCUT2D eigenvalue weighted by molar-refractivity contribution is 5.97. The van der Waals surface area contributed by atoms with Crippen molar-refractivity contribution in [3.8, 4) is 5.75 Å². The van der Waals surface area contributed by atoms with Gasteiger partial charge in [-0.15, -0.1) is 13.2 Å². The van der Waals surface area contributed by atoms with Gasteiger partial charge in [-0.1, -0.05) is 26.7 Å². The maximum absolute atomic E-state index is 13.6. The number of carbonyl (C=O) groups is 1. The molecule has 118 valence electrons. The van der Waals surface area contributed by atoms with E-state index in [0.717, 1.165) is 25.0 Å². The van der Waals surface area contributed by atoms with E-state index < -0.39 is 17.9 Å². The Kier molecular flexibility index (Phi) is 6.18. The van der Waals surface area contributed by atoms with Crippen molar-refractivity contribution < 1.29 is 27.1 Å². The molecule has 1 rings (SSSR count). The summed E-state index contributed by atoms with van der Waals surface area (Å²) in [5, 5.41) is 0. The number of hydrogen-bond donors (Lipinski definition) is 0. The van der Waals surface area contributed by atoms with Crippen LogP contribution in [0.25, 0.3) is 0 Å². The van der Waals surface area contributed by atoms with Crippen LogP contribution in [0.3, 0.4) is 0 Å². The monoisotopic (exact) mass is 306 g/mol. The second-order valence-corrected chi connectivity index (χ2v) is 4.83. The third-order valence-corrected chi connectivity index (χ3v) is 3.09. The van der Waals surface area contributed by atoms with E-state index in [0.29, 0.717) is 12.8 Å². The number of hydrogen-bond acceptors (Lipinski definition) is 2. The first-order valence-electron chi connectivity index (χ1n) is 6.88. The lowest BCUT2D eigenvalue weighted by Gasteiger charge is -2.15. The molecule has 21 heavy (non-hydrogen) atoms. The molecule has 6 heteroatoms. The Bertz CT molecular complexity index is 477. The van der Waals surface area contributed by atoms with Crippen molar-refractivity contribution in [3.63, 3.8) is 0 Å². The Morgan fingerprint density at radius 1 is 1.19 bits per heavy atom. The lowest BCUT2D eigenvalue weighted by atomic mass is 9.90. The molecule has 2 nitrogen and oxygen atoms in total. The van der Waals surface area contributed by atoms with Crippen molar-refractivity contribution in [3.05, 3.63) is 29.6 Å². The summed E-state index contributed by atoms with van der Waals surface area (Å²) in [5.74, 6) is -2.59. The summed E-state index contributed by atoms with van der Waals surface area (Å²) in [6.07, 6.45) is -1.98. The summed E-state index contributed by atoms with van der Waals surface area (Å²) in [7, 11) is 0. The van der Waals surface area contributed by atoms with Crippen LogP contribution in [-0.2, 0) is 0 Å². The van der Waals surface area contributed by atoms with Gasteiger partial charge in [-0.2, -0.15) is 0 Å². The van der Waals surface area contributed by atoms with E-state index in [1.165, 1.54) is 6.07 Å². The summed E-state index contributed by atoms with van der Waals surface area (Å²) in [5.41, 5.74) is 0.0777. The molecule has 0 radical (unpaired) electrons. The smallest absolute Gasteiger partial charge is 0.403 e. The molecule has 0 heterocycles. The molecule has 0 amide bonds. The van der Waals surface area contributed by atoms with Crippen molar-refractivity contribution in [2.24, 2.45) is 5.92 Å². The number of benzene rings is 1. The lowest BCUT2D eigenvalue weighted by Crippen LogP contribution is -2.19. The van der Waals surface area contributed by atoms with E-state index in [4.69, 9.17) is 0 Å². The minimum Gasteiger partial charge on any atom is -0.403 e. The SMILES string of the molecule is CCCC(CCC)C(=O)c1ccc(OC(F)(F)F)c(F)c1. The standard InChI is InChI=1S/C15H18F4O2/c1-3-5-10(6-4-2)14(20)11-7-8-13(12(16)9-11)21-15(17,18)19/h7-10H,3-6H2,1-2H3. The number of ether oxygens (including phenoxy) is 1. The zero-order valence-electron chi connectivity index (χ0n) is 12.0. The second kappa shape index (κ2) is 7.43. The number of carbonyl (C=O) groups excluding carboxylic acids is 1. The molecular weight excluding hydrogens is 288 g/mol. The molecule has 0 N–H and O–H groups in total. The van der Waals surface area contributed by atoms with Crippen LogP contribution in [-0.4, -0.2) is 12.1 Å². The van der Waals surface area contributed by atoms with Crippen LogP contribution in [0.2, 0.25) is 0 Å². The molecule has 0 fully saturated rings. The molecule has 0 spiro atoms. The van der Waals surface area contributed by atoms with Gasteiger partial charge in [0.25, 0.3) is 0 Å². The fourth-order valence-corrected chi connectivity index (χ4v) is 2.20. The Balaban J connectivity index is 2.93. The second-order valence-electron chi connectivity index (χ2n) is 4.83. The quantitative estimate of drug-likeness (QED) is 0.516. The molecular formula is C15H18F4O2. The maximum Gasteiger partial charge on any atom is 0.573 e. The number of halogens is 4. The van der Waals surface area contributed by atoms with Gasteiger partial charge in [-0.25, -0.2) is 4.39 Å². The molecule has 0 atom stereocenters. The van der Waals surface area contributed by atoms with Gasteiger partial charge in [0.2, 0.25) is 0 Å². The molecule has 0 aliphatic carbocycles. The highest BCUT2D eigenvalue weighted by Gasteiger charge is 2.32.